The van der Waals surface area contributed by atoms with Crippen molar-refractivity contribution in [3.05, 3.63) is 41.5 Å². The highest BCUT2D eigenvalue weighted by molar-refractivity contribution is 5.42. The lowest BCUT2D eigenvalue weighted by Crippen LogP contribution is -2.45. The van der Waals surface area contributed by atoms with Gasteiger partial charge in [0.2, 0.25) is 0 Å². The molecular weight excluding hydrogens is 248 g/mol. The Kier molecular flexibility index (Phi) is 5.21. The molecular formula is C17H26N2O. The second-order valence-electron chi connectivity index (χ2n) is 5.67. The lowest BCUT2D eigenvalue weighted by molar-refractivity contribution is 0.170. The van der Waals surface area contributed by atoms with Crippen LogP contribution in [-0.4, -0.2) is 36.2 Å². The Balaban J connectivity index is 2.32. The van der Waals surface area contributed by atoms with Crippen LogP contribution in [-0.2, 0) is 6.42 Å². The van der Waals surface area contributed by atoms with Gasteiger partial charge in [-0.05, 0) is 25.3 Å². The number of hydrogen-bond acceptors (Lipinski definition) is 3. The zero-order chi connectivity index (χ0) is 14.5. The minimum atomic E-state index is 0.237. The summed E-state index contributed by atoms with van der Waals surface area (Å²) in [4.78, 5) is 2.46. The second kappa shape index (κ2) is 6.91. The maximum atomic E-state index is 10.5. The van der Waals surface area contributed by atoms with Gasteiger partial charge in [0.15, 0.2) is 0 Å². The van der Waals surface area contributed by atoms with E-state index in [0.717, 1.165) is 55.7 Å². The van der Waals surface area contributed by atoms with Gasteiger partial charge in [0.25, 0.3) is 0 Å². The highest BCUT2D eigenvalue weighted by atomic mass is 16.3. The second-order valence-corrected chi connectivity index (χ2v) is 5.67. The molecule has 1 aromatic carbocycles. The van der Waals surface area contributed by atoms with Crippen LogP contribution in [0.5, 0.6) is 5.75 Å². The number of phenols is 1. The molecule has 2 rings (SSSR count). The highest BCUT2D eigenvalue weighted by Crippen LogP contribution is 2.35. The molecule has 0 bridgehead atoms. The third-order valence-corrected chi connectivity index (χ3v) is 4.02. The number of aromatic hydroxyl groups is 1. The molecule has 1 heterocycles. The molecule has 1 atom stereocenters. The molecule has 0 aliphatic carbocycles. The summed E-state index contributed by atoms with van der Waals surface area (Å²) in [5.74, 6) is 0.472. The van der Waals surface area contributed by atoms with E-state index in [1.54, 1.807) is 0 Å². The summed E-state index contributed by atoms with van der Waals surface area (Å²) in [6.45, 7) is 12.3. The van der Waals surface area contributed by atoms with Crippen molar-refractivity contribution in [2.75, 3.05) is 26.2 Å². The Labute approximate surface area is 122 Å². The molecule has 0 aromatic heterocycles. The molecule has 0 amide bonds. The molecule has 0 saturated carbocycles. The van der Waals surface area contributed by atoms with Crippen LogP contribution in [0.4, 0.5) is 0 Å². The Morgan fingerprint density at radius 3 is 2.70 bits per heavy atom. The first-order valence-electron chi connectivity index (χ1n) is 7.53. The Morgan fingerprint density at radius 2 is 2.10 bits per heavy atom. The number of piperazine rings is 1. The van der Waals surface area contributed by atoms with Gasteiger partial charge >= 0.3 is 0 Å². The van der Waals surface area contributed by atoms with Crippen LogP contribution in [0.25, 0.3) is 0 Å². The van der Waals surface area contributed by atoms with Crippen molar-refractivity contribution >= 4 is 0 Å². The predicted octanol–water partition coefficient (Wildman–Crippen LogP) is 2.87. The van der Waals surface area contributed by atoms with E-state index in [9.17, 15) is 5.11 Å². The molecule has 0 radical (unpaired) electrons. The molecule has 1 aliphatic heterocycles. The van der Waals surface area contributed by atoms with Gasteiger partial charge in [-0.2, -0.15) is 0 Å². The van der Waals surface area contributed by atoms with Crippen molar-refractivity contribution in [1.29, 1.82) is 0 Å². The monoisotopic (exact) mass is 274 g/mol. The lowest BCUT2D eigenvalue weighted by Gasteiger charge is -2.36. The van der Waals surface area contributed by atoms with Crippen LogP contribution in [0, 0.1) is 0 Å². The number of rotatable bonds is 5. The first kappa shape index (κ1) is 15.1. The van der Waals surface area contributed by atoms with Crippen LogP contribution in [0.2, 0.25) is 0 Å². The van der Waals surface area contributed by atoms with Gasteiger partial charge < -0.3 is 10.4 Å². The number of nitrogens with zero attached hydrogens (tertiary/aromatic N) is 1. The van der Waals surface area contributed by atoms with Crippen LogP contribution in [0.15, 0.2) is 30.4 Å². The summed E-state index contributed by atoms with van der Waals surface area (Å²) in [7, 11) is 0. The Morgan fingerprint density at radius 1 is 1.40 bits per heavy atom. The molecule has 0 spiro atoms. The number of hydrogen-bond donors (Lipinski definition) is 2. The van der Waals surface area contributed by atoms with Crippen LogP contribution < -0.4 is 5.32 Å². The fourth-order valence-corrected chi connectivity index (χ4v) is 2.93. The molecule has 2 N–H and O–H groups in total. The van der Waals surface area contributed by atoms with Crippen molar-refractivity contribution in [2.45, 2.75) is 32.7 Å². The zero-order valence-corrected chi connectivity index (χ0v) is 12.7. The number of aryl methyl sites for hydroxylation is 1. The summed E-state index contributed by atoms with van der Waals surface area (Å²) >= 11 is 0. The summed E-state index contributed by atoms with van der Waals surface area (Å²) in [6.07, 6.45) is 1.77. The van der Waals surface area contributed by atoms with Gasteiger partial charge in [-0.25, -0.2) is 0 Å². The molecule has 1 aromatic rings. The van der Waals surface area contributed by atoms with E-state index >= 15 is 0 Å². The summed E-state index contributed by atoms with van der Waals surface area (Å²) < 4.78 is 0. The van der Waals surface area contributed by atoms with Gasteiger partial charge in [-0.3, -0.25) is 4.90 Å². The summed E-state index contributed by atoms with van der Waals surface area (Å²) in [5.41, 5.74) is 3.24. The van der Waals surface area contributed by atoms with Crippen molar-refractivity contribution < 1.29 is 5.11 Å². The quantitative estimate of drug-likeness (QED) is 0.811. The zero-order valence-electron chi connectivity index (χ0n) is 12.7. The first-order chi connectivity index (χ1) is 9.63. The van der Waals surface area contributed by atoms with E-state index in [4.69, 9.17) is 0 Å². The number of benzene rings is 1. The minimum Gasteiger partial charge on any atom is -0.507 e. The van der Waals surface area contributed by atoms with E-state index in [2.05, 4.69) is 42.8 Å². The number of nitrogens with one attached hydrogen (secondary N) is 1. The predicted molar refractivity (Wildman–Crippen MR) is 84.1 cm³/mol. The average molecular weight is 274 g/mol. The van der Waals surface area contributed by atoms with Crippen molar-refractivity contribution in [1.82, 2.24) is 10.2 Å². The van der Waals surface area contributed by atoms with E-state index in [-0.39, 0.29) is 6.04 Å². The largest absolute Gasteiger partial charge is 0.507 e. The molecule has 3 nitrogen and oxygen atoms in total. The number of phenolic OH excluding ortho intramolecular Hbond substituents is 1. The van der Waals surface area contributed by atoms with Gasteiger partial charge in [-0.15, -0.1) is 6.58 Å². The highest BCUT2D eigenvalue weighted by Gasteiger charge is 2.25. The average Bonchev–Trinajstić information content (AvgIpc) is 2.46. The van der Waals surface area contributed by atoms with Crippen molar-refractivity contribution in [3.8, 4) is 5.75 Å². The fourth-order valence-electron chi connectivity index (χ4n) is 2.93. The third kappa shape index (κ3) is 3.41. The van der Waals surface area contributed by atoms with Gasteiger partial charge in [-0.1, -0.05) is 30.7 Å². The Hall–Kier alpha value is -1.32. The molecule has 3 heteroatoms. The van der Waals surface area contributed by atoms with Crippen LogP contribution in [0.1, 0.15) is 37.4 Å². The normalized spacial score (nSPS) is 17.9. The smallest absolute Gasteiger partial charge is 0.123 e. The minimum absolute atomic E-state index is 0.237. The fraction of sp³-hybridized carbons (Fsp3) is 0.529. The molecule has 1 fully saturated rings. The maximum absolute atomic E-state index is 10.5. The van der Waals surface area contributed by atoms with Crippen molar-refractivity contribution in [3.63, 3.8) is 0 Å². The van der Waals surface area contributed by atoms with Crippen LogP contribution >= 0.6 is 0 Å². The Bertz CT molecular complexity index is 464. The molecule has 0 unspecified atom stereocenters. The van der Waals surface area contributed by atoms with Crippen molar-refractivity contribution in [2.24, 2.45) is 0 Å². The van der Waals surface area contributed by atoms with E-state index in [1.165, 1.54) is 0 Å². The molecule has 110 valence electrons. The van der Waals surface area contributed by atoms with Gasteiger partial charge in [0.05, 0.1) is 0 Å². The SMILES string of the molecule is C=C(C)C[C@@H](c1cccc(CC)c1O)N1CCNCC1. The van der Waals surface area contributed by atoms with E-state index in [1.807, 2.05) is 6.07 Å². The topological polar surface area (TPSA) is 35.5 Å². The first-order valence-corrected chi connectivity index (χ1v) is 7.53. The lowest BCUT2D eigenvalue weighted by atomic mass is 9.94. The maximum Gasteiger partial charge on any atom is 0.123 e. The molecule has 1 saturated heterocycles. The van der Waals surface area contributed by atoms with E-state index < -0.39 is 0 Å². The summed E-state index contributed by atoms with van der Waals surface area (Å²) in [6, 6.07) is 6.36. The van der Waals surface area contributed by atoms with Gasteiger partial charge in [0, 0.05) is 37.8 Å². The standard InChI is InChI=1S/C17H26N2O/c1-4-14-6-5-7-15(17(14)20)16(12-13(2)3)19-10-8-18-9-11-19/h5-7,16,18,20H,2,4,8-12H2,1,3H3/t16-/m0/s1. The third-order valence-electron chi connectivity index (χ3n) is 4.02. The van der Waals surface area contributed by atoms with Gasteiger partial charge in [0.1, 0.15) is 5.75 Å². The summed E-state index contributed by atoms with van der Waals surface area (Å²) in [5, 5.41) is 13.9. The van der Waals surface area contributed by atoms with E-state index in [0.29, 0.717) is 5.75 Å². The number of para-hydroxylation sites is 1. The molecule has 20 heavy (non-hydrogen) atoms. The molecule has 1 aliphatic rings. The van der Waals surface area contributed by atoms with Crippen LogP contribution in [0.3, 0.4) is 0 Å².